The Balaban J connectivity index is 2.75. The van der Waals surface area contributed by atoms with E-state index in [-0.39, 0.29) is 0 Å². The third kappa shape index (κ3) is 1.07. The molecule has 2 heteroatoms. The number of rotatable bonds is 1. The molecule has 0 saturated carbocycles. The molecule has 2 rings (SSSR count). The Morgan fingerprint density at radius 1 is 1.42 bits per heavy atom. The first-order chi connectivity index (χ1) is 5.90. The summed E-state index contributed by atoms with van der Waals surface area (Å²) in [5.74, 6) is 0. The van der Waals surface area contributed by atoms with Gasteiger partial charge in [0, 0.05) is 23.2 Å². The van der Waals surface area contributed by atoms with Gasteiger partial charge in [0.1, 0.15) is 6.29 Å². The second-order valence-corrected chi connectivity index (χ2v) is 2.51. The molecule has 0 aliphatic carbocycles. The lowest BCUT2D eigenvalue weighted by molar-refractivity contribution is 0.112. The fourth-order valence-corrected chi connectivity index (χ4v) is 1.11. The van der Waals surface area contributed by atoms with E-state index in [2.05, 4.69) is 11.1 Å². The summed E-state index contributed by atoms with van der Waals surface area (Å²) < 4.78 is 0. The van der Waals surface area contributed by atoms with Crippen LogP contribution in [0.4, 0.5) is 0 Å². The van der Waals surface area contributed by atoms with Crippen molar-refractivity contribution < 1.29 is 4.79 Å². The van der Waals surface area contributed by atoms with Gasteiger partial charge in [-0.25, -0.2) is 0 Å². The number of fused-ring (bicyclic) bond motifs is 1. The van der Waals surface area contributed by atoms with Gasteiger partial charge in [-0.05, 0) is 24.3 Å². The number of benzene rings is 1. The van der Waals surface area contributed by atoms with Gasteiger partial charge in [0.05, 0.1) is 5.52 Å². The van der Waals surface area contributed by atoms with Crippen LogP contribution in [-0.4, -0.2) is 11.3 Å². The Labute approximate surface area is 69.9 Å². The normalized spacial score (nSPS) is 10.0. The molecule has 0 aliphatic heterocycles. The molecule has 0 bridgehead atoms. The van der Waals surface area contributed by atoms with Gasteiger partial charge < -0.3 is 0 Å². The quantitative estimate of drug-likeness (QED) is 0.590. The van der Waals surface area contributed by atoms with E-state index in [1.54, 1.807) is 18.3 Å². The predicted octanol–water partition coefficient (Wildman–Crippen LogP) is 1.85. The van der Waals surface area contributed by atoms with Crippen molar-refractivity contribution in [3.05, 3.63) is 42.1 Å². The van der Waals surface area contributed by atoms with Gasteiger partial charge in [0.2, 0.25) is 0 Å². The van der Waals surface area contributed by atoms with Gasteiger partial charge in [0.25, 0.3) is 0 Å². The molecule has 0 unspecified atom stereocenters. The maximum Gasteiger partial charge on any atom is 0.150 e. The topological polar surface area (TPSA) is 30.0 Å². The van der Waals surface area contributed by atoms with Gasteiger partial charge in [-0.3, -0.25) is 9.78 Å². The van der Waals surface area contributed by atoms with Gasteiger partial charge in [-0.1, -0.05) is 0 Å². The molecule has 12 heavy (non-hydrogen) atoms. The van der Waals surface area contributed by atoms with Crippen molar-refractivity contribution in [2.24, 2.45) is 0 Å². The van der Waals surface area contributed by atoms with E-state index < -0.39 is 0 Å². The van der Waals surface area contributed by atoms with Crippen molar-refractivity contribution in [2.45, 2.75) is 0 Å². The second-order valence-electron chi connectivity index (χ2n) is 2.51. The van der Waals surface area contributed by atoms with Crippen molar-refractivity contribution in [2.75, 3.05) is 0 Å². The van der Waals surface area contributed by atoms with Gasteiger partial charge in [0.15, 0.2) is 0 Å². The Morgan fingerprint density at radius 2 is 2.33 bits per heavy atom. The summed E-state index contributed by atoms with van der Waals surface area (Å²) in [6.45, 7) is 0. The lowest BCUT2D eigenvalue weighted by atomic mass is 10.1. The molecule has 0 N–H and O–H groups in total. The van der Waals surface area contributed by atoms with E-state index in [0.717, 1.165) is 17.2 Å². The standard InChI is InChI=1S/C10H6NO/c12-7-8-3-4-10-9(6-8)2-1-5-11-10/h2-7H. The molecule has 1 heterocycles. The molecular formula is C10H6NO. The van der Waals surface area contributed by atoms with E-state index in [0.29, 0.717) is 5.56 Å². The average Bonchev–Trinajstić information content (AvgIpc) is 2.17. The van der Waals surface area contributed by atoms with Crippen molar-refractivity contribution in [1.82, 2.24) is 4.98 Å². The van der Waals surface area contributed by atoms with E-state index in [4.69, 9.17) is 0 Å². The monoisotopic (exact) mass is 156 g/mol. The minimum absolute atomic E-state index is 0.670. The number of nitrogens with zero attached hydrogens (tertiary/aromatic N) is 1. The summed E-state index contributed by atoms with van der Waals surface area (Å²) in [4.78, 5) is 14.5. The summed E-state index contributed by atoms with van der Waals surface area (Å²) in [5.41, 5.74) is 1.56. The van der Waals surface area contributed by atoms with E-state index in [1.807, 2.05) is 12.1 Å². The molecule has 0 amide bonds. The lowest BCUT2D eigenvalue weighted by Gasteiger charge is -1.95. The highest BCUT2D eigenvalue weighted by Gasteiger charge is 1.94. The molecule has 0 fully saturated rings. The summed E-state index contributed by atoms with van der Waals surface area (Å²) in [5, 5.41) is 0.946. The highest BCUT2D eigenvalue weighted by Crippen LogP contribution is 2.11. The zero-order valence-corrected chi connectivity index (χ0v) is 6.32. The van der Waals surface area contributed by atoms with Crippen molar-refractivity contribution in [1.29, 1.82) is 0 Å². The van der Waals surface area contributed by atoms with Crippen LogP contribution >= 0.6 is 0 Å². The van der Waals surface area contributed by atoms with Crippen LogP contribution in [0.15, 0.2) is 30.5 Å². The first kappa shape index (κ1) is 6.98. The number of carbonyl (C=O) groups excluding carboxylic acids is 1. The molecule has 0 saturated heterocycles. The van der Waals surface area contributed by atoms with E-state index in [1.165, 1.54) is 0 Å². The zero-order chi connectivity index (χ0) is 8.39. The fourth-order valence-electron chi connectivity index (χ4n) is 1.11. The minimum Gasteiger partial charge on any atom is -0.298 e. The first-order valence-electron chi connectivity index (χ1n) is 3.61. The number of pyridine rings is 1. The Kier molecular flexibility index (Phi) is 1.59. The molecule has 0 spiro atoms. The summed E-state index contributed by atoms with van der Waals surface area (Å²) >= 11 is 0. The maximum atomic E-state index is 10.4. The lowest BCUT2D eigenvalue weighted by Crippen LogP contribution is -1.81. The van der Waals surface area contributed by atoms with Crippen LogP contribution in [-0.2, 0) is 0 Å². The SMILES string of the molecule is O=Cc1ccc2nc[c]cc2c1. The van der Waals surface area contributed by atoms with Gasteiger partial charge in [-0.2, -0.15) is 0 Å². The van der Waals surface area contributed by atoms with E-state index >= 15 is 0 Å². The predicted molar refractivity (Wildman–Crippen MR) is 46.0 cm³/mol. The largest absolute Gasteiger partial charge is 0.298 e. The molecule has 2 nitrogen and oxygen atoms in total. The summed E-state index contributed by atoms with van der Waals surface area (Å²) in [6.07, 6.45) is 2.44. The van der Waals surface area contributed by atoms with Crippen LogP contribution in [0.1, 0.15) is 10.4 Å². The summed E-state index contributed by atoms with van der Waals surface area (Å²) in [7, 11) is 0. The molecule has 1 aromatic heterocycles. The minimum atomic E-state index is 0.670. The third-order valence-corrected chi connectivity index (χ3v) is 1.70. The Bertz CT molecular complexity index is 423. The highest BCUT2D eigenvalue weighted by atomic mass is 16.1. The van der Waals surface area contributed by atoms with Gasteiger partial charge in [-0.15, -0.1) is 0 Å². The van der Waals surface area contributed by atoms with Crippen LogP contribution < -0.4 is 0 Å². The van der Waals surface area contributed by atoms with Crippen LogP contribution in [0.3, 0.4) is 0 Å². The van der Waals surface area contributed by atoms with Crippen LogP contribution in [0.25, 0.3) is 10.9 Å². The number of aromatic nitrogens is 1. The molecule has 2 aromatic rings. The molecule has 0 aliphatic rings. The molecule has 1 radical (unpaired) electrons. The van der Waals surface area contributed by atoms with Crippen molar-refractivity contribution in [3.8, 4) is 0 Å². The zero-order valence-electron chi connectivity index (χ0n) is 6.32. The molecule has 1 aromatic carbocycles. The first-order valence-corrected chi connectivity index (χ1v) is 3.61. The van der Waals surface area contributed by atoms with Gasteiger partial charge >= 0.3 is 0 Å². The van der Waals surface area contributed by atoms with Crippen LogP contribution in [0.5, 0.6) is 0 Å². The third-order valence-electron chi connectivity index (χ3n) is 1.70. The summed E-state index contributed by atoms with van der Waals surface area (Å²) in [6, 6.07) is 10.1. The molecule has 57 valence electrons. The number of hydrogen-bond donors (Lipinski definition) is 0. The van der Waals surface area contributed by atoms with Crippen molar-refractivity contribution >= 4 is 17.2 Å². The molecule has 0 atom stereocenters. The number of carbonyl (C=O) groups is 1. The maximum absolute atomic E-state index is 10.4. The van der Waals surface area contributed by atoms with E-state index in [9.17, 15) is 4.79 Å². The smallest absolute Gasteiger partial charge is 0.150 e. The number of hydrogen-bond acceptors (Lipinski definition) is 2. The Morgan fingerprint density at radius 3 is 3.17 bits per heavy atom. The number of aldehydes is 1. The van der Waals surface area contributed by atoms with Crippen molar-refractivity contribution in [3.63, 3.8) is 0 Å². The highest BCUT2D eigenvalue weighted by molar-refractivity contribution is 5.86. The second kappa shape index (κ2) is 2.74. The van der Waals surface area contributed by atoms with Crippen LogP contribution in [0.2, 0.25) is 0 Å². The van der Waals surface area contributed by atoms with Crippen LogP contribution in [0, 0.1) is 6.07 Å². The fraction of sp³-hybridized carbons (Fsp3) is 0. The Hall–Kier alpha value is -1.70. The molecular weight excluding hydrogens is 150 g/mol. The average molecular weight is 156 g/mol.